The van der Waals surface area contributed by atoms with E-state index in [4.69, 9.17) is 5.73 Å². The number of nitrogens with two attached hydrogens (primary N) is 1. The zero-order valence-corrected chi connectivity index (χ0v) is 10.4. The largest absolute Gasteiger partial charge is 0.382 e. The van der Waals surface area contributed by atoms with Gasteiger partial charge in [0.15, 0.2) is 0 Å². The molecular formula is C12H21N5. The van der Waals surface area contributed by atoms with Crippen molar-refractivity contribution >= 4 is 11.6 Å². The van der Waals surface area contributed by atoms with Crippen molar-refractivity contribution < 1.29 is 0 Å². The summed E-state index contributed by atoms with van der Waals surface area (Å²) in [4.78, 5) is 10.7. The van der Waals surface area contributed by atoms with Gasteiger partial charge in [-0.1, -0.05) is 6.92 Å². The first-order valence-corrected chi connectivity index (χ1v) is 6.28. The molecule has 5 heteroatoms. The topological polar surface area (TPSA) is 67.1 Å². The van der Waals surface area contributed by atoms with Gasteiger partial charge in [-0.3, -0.25) is 4.98 Å². The lowest BCUT2D eigenvalue weighted by Crippen LogP contribution is -2.29. The SMILES string of the molecule is CC(CNc1cncc(N)n1)CN1CCCC1. The lowest BCUT2D eigenvalue weighted by Gasteiger charge is -2.20. The number of aromatic nitrogens is 2. The summed E-state index contributed by atoms with van der Waals surface area (Å²) < 4.78 is 0. The van der Waals surface area contributed by atoms with Crippen LogP contribution in [-0.2, 0) is 0 Å². The minimum atomic E-state index is 0.460. The second kappa shape index (κ2) is 5.82. The summed E-state index contributed by atoms with van der Waals surface area (Å²) in [5.41, 5.74) is 5.58. The quantitative estimate of drug-likeness (QED) is 0.802. The smallest absolute Gasteiger partial charge is 0.146 e. The summed E-state index contributed by atoms with van der Waals surface area (Å²) in [6.07, 6.45) is 5.96. The molecule has 0 aromatic carbocycles. The molecule has 1 fully saturated rings. The van der Waals surface area contributed by atoms with Crippen LogP contribution >= 0.6 is 0 Å². The van der Waals surface area contributed by atoms with Gasteiger partial charge in [0.25, 0.3) is 0 Å². The van der Waals surface area contributed by atoms with E-state index in [9.17, 15) is 0 Å². The molecule has 1 aliphatic rings. The zero-order chi connectivity index (χ0) is 12.1. The molecule has 0 radical (unpaired) electrons. The van der Waals surface area contributed by atoms with E-state index in [0.717, 1.165) is 18.9 Å². The van der Waals surface area contributed by atoms with E-state index in [-0.39, 0.29) is 0 Å². The summed E-state index contributed by atoms with van der Waals surface area (Å²) in [6.45, 7) is 6.83. The first kappa shape index (κ1) is 12.1. The summed E-state index contributed by atoms with van der Waals surface area (Å²) in [5.74, 6) is 1.83. The van der Waals surface area contributed by atoms with Crippen molar-refractivity contribution in [2.45, 2.75) is 19.8 Å². The van der Waals surface area contributed by atoms with Gasteiger partial charge in [-0.2, -0.15) is 0 Å². The monoisotopic (exact) mass is 235 g/mol. The Kier molecular flexibility index (Phi) is 4.14. The third-order valence-electron chi connectivity index (χ3n) is 3.05. The highest BCUT2D eigenvalue weighted by Gasteiger charge is 2.14. The fraction of sp³-hybridized carbons (Fsp3) is 0.667. The van der Waals surface area contributed by atoms with Crippen LogP contribution in [0.4, 0.5) is 11.6 Å². The Balaban J connectivity index is 1.73. The number of nitrogens with zero attached hydrogens (tertiary/aromatic N) is 3. The molecule has 1 aliphatic heterocycles. The van der Waals surface area contributed by atoms with Crippen molar-refractivity contribution in [1.82, 2.24) is 14.9 Å². The molecule has 2 heterocycles. The molecule has 0 spiro atoms. The third-order valence-corrected chi connectivity index (χ3v) is 3.05. The van der Waals surface area contributed by atoms with E-state index in [1.807, 2.05) is 0 Å². The van der Waals surface area contributed by atoms with Gasteiger partial charge in [-0.05, 0) is 31.8 Å². The Hall–Kier alpha value is -1.36. The Labute approximate surface area is 102 Å². The van der Waals surface area contributed by atoms with Gasteiger partial charge < -0.3 is 16.0 Å². The minimum Gasteiger partial charge on any atom is -0.382 e. The maximum atomic E-state index is 5.58. The number of rotatable bonds is 5. The van der Waals surface area contributed by atoms with Crippen LogP contribution in [0.2, 0.25) is 0 Å². The second-order valence-electron chi connectivity index (χ2n) is 4.82. The van der Waals surface area contributed by atoms with Gasteiger partial charge in [-0.25, -0.2) is 4.98 Å². The highest BCUT2D eigenvalue weighted by molar-refractivity contribution is 5.38. The lowest BCUT2D eigenvalue weighted by atomic mass is 10.1. The number of likely N-dealkylation sites (tertiary alicyclic amines) is 1. The second-order valence-corrected chi connectivity index (χ2v) is 4.82. The molecule has 1 saturated heterocycles. The van der Waals surface area contributed by atoms with E-state index >= 15 is 0 Å². The van der Waals surface area contributed by atoms with Gasteiger partial charge in [-0.15, -0.1) is 0 Å². The van der Waals surface area contributed by atoms with Gasteiger partial charge in [0, 0.05) is 13.1 Å². The van der Waals surface area contributed by atoms with E-state index < -0.39 is 0 Å². The highest BCUT2D eigenvalue weighted by Crippen LogP contribution is 2.11. The molecule has 0 aliphatic carbocycles. The molecule has 5 nitrogen and oxygen atoms in total. The van der Waals surface area contributed by atoms with Crippen LogP contribution in [0.1, 0.15) is 19.8 Å². The van der Waals surface area contributed by atoms with Gasteiger partial charge in [0.05, 0.1) is 12.4 Å². The Morgan fingerprint density at radius 1 is 1.41 bits per heavy atom. The van der Waals surface area contributed by atoms with E-state index in [0.29, 0.717) is 11.7 Å². The summed E-state index contributed by atoms with van der Waals surface area (Å²) in [6, 6.07) is 0. The van der Waals surface area contributed by atoms with Crippen molar-refractivity contribution in [2.24, 2.45) is 5.92 Å². The van der Waals surface area contributed by atoms with E-state index in [1.165, 1.54) is 25.9 Å². The molecule has 0 bridgehead atoms. The van der Waals surface area contributed by atoms with Crippen molar-refractivity contribution in [3.8, 4) is 0 Å². The number of nitrogens with one attached hydrogen (secondary N) is 1. The zero-order valence-electron chi connectivity index (χ0n) is 10.4. The molecule has 94 valence electrons. The molecule has 0 amide bonds. The van der Waals surface area contributed by atoms with Crippen LogP contribution in [0, 0.1) is 5.92 Å². The Bertz CT molecular complexity index is 349. The van der Waals surface area contributed by atoms with Crippen molar-refractivity contribution in [3.05, 3.63) is 12.4 Å². The normalized spacial score (nSPS) is 18.2. The van der Waals surface area contributed by atoms with Crippen molar-refractivity contribution in [3.63, 3.8) is 0 Å². The molecule has 1 aromatic rings. The van der Waals surface area contributed by atoms with E-state index in [1.54, 1.807) is 12.4 Å². The van der Waals surface area contributed by atoms with Crippen LogP contribution in [0.25, 0.3) is 0 Å². The summed E-state index contributed by atoms with van der Waals surface area (Å²) in [5, 5.41) is 3.28. The van der Waals surface area contributed by atoms with Gasteiger partial charge >= 0.3 is 0 Å². The Morgan fingerprint density at radius 2 is 2.18 bits per heavy atom. The average Bonchev–Trinajstić information content (AvgIpc) is 2.79. The number of nitrogen functional groups attached to an aromatic ring is 1. The average molecular weight is 235 g/mol. The fourth-order valence-corrected chi connectivity index (χ4v) is 2.22. The Morgan fingerprint density at radius 3 is 2.88 bits per heavy atom. The summed E-state index contributed by atoms with van der Waals surface area (Å²) in [7, 11) is 0. The van der Waals surface area contributed by atoms with Crippen LogP contribution in [0.3, 0.4) is 0 Å². The standard InChI is InChI=1S/C12H21N5/c1-10(9-17-4-2-3-5-17)6-15-12-8-14-7-11(13)16-12/h7-8,10H,2-6,9H2,1H3,(H3,13,15,16). The third kappa shape index (κ3) is 3.85. The molecule has 0 saturated carbocycles. The molecular weight excluding hydrogens is 214 g/mol. The van der Waals surface area contributed by atoms with Crippen molar-refractivity contribution in [1.29, 1.82) is 0 Å². The molecule has 3 N–H and O–H groups in total. The van der Waals surface area contributed by atoms with Crippen LogP contribution in [0.5, 0.6) is 0 Å². The number of anilines is 2. The minimum absolute atomic E-state index is 0.460. The maximum Gasteiger partial charge on any atom is 0.146 e. The van der Waals surface area contributed by atoms with Crippen molar-refractivity contribution in [2.75, 3.05) is 37.2 Å². The maximum absolute atomic E-state index is 5.58. The fourth-order valence-electron chi connectivity index (χ4n) is 2.22. The van der Waals surface area contributed by atoms with Crippen LogP contribution < -0.4 is 11.1 Å². The lowest BCUT2D eigenvalue weighted by molar-refractivity contribution is 0.294. The number of hydrogen-bond donors (Lipinski definition) is 2. The first-order chi connectivity index (χ1) is 8.24. The first-order valence-electron chi connectivity index (χ1n) is 6.28. The number of hydrogen-bond acceptors (Lipinski definition) is 5. The van der Waals surface area contributed by atoms with E-state index in [2.05, 4.69) is 27.1 Å². The highest BCUT2D eigenvalue weighted by atomic mass is 15.1. The van der Waals surface area contributed by atoms with Gasteiger partial charge in [0.2, 0.25) is 0 Å². The molecule has 1 atom stereocenters. The van der Waals surface area contributed by atoms with Crippen LogP contribution in [0.15, 0.2) is 12.4 Å². The molecule has 1 aromatic heterocycles. The summed E-state index contributed by atoms with van der Waals surface area (Å²) >= 11 is 0. The predicted octanol–water partition coefficient (Wildman–Crippen LogP) is 1.20. The van der Waals surface area contributed by atoms with Crippen LogP contribution in [-0.4, -0.2) is 41.0 Å². The predicted molar refractivity (Wildman–Crippen MR) is 69.8 cm³/mol. The molecule has 2 rings (SSSR count). The molecule has 17 heavy (non-hydrogen) atoms. The molecule has 1 unspecified atom stereocenters. The van der Waals surface area contributed by atoms with Gasteiger partial charge in [0.1, 0.15) is 11.6 Å².